The zero-order chi connectivity index (χ0) is 103. The molecule has 10 heterocycles. The minimum atomic E-state index is -0.917. The van der Waals surface area contributed by atoms with Crippen molar-refractivity contribution in [2.75, 3.05) is 92.0 Å². The number of carbonyl (C=O) groups excluding carboxylic acids is 12. The zero-order valence-electron chi connectivity index (χ0n) is 81.8. The molecular formula is C112H115Br3N14O15. The number of hydrogen-bond acceptors (Lipinski definition) is 18. The van der Waals surface area contributed by atoms with Gasteiger partial charge in [0.15, 0.2) is 17.3 Å². The molecule has 6 aliphatic heterocycles. The van der Waals surface area contributed by atoms with Gasteiger partial charge in [-0.05, 0) is 202 Å². The maximum Gasteiger partial charge on any atom is 0.379 e. The molecule has 7 amide bonds. The standard InChI is InChI=1S/C34H35N5O2.C29H30BrN3O4.C28H29BrN4O4.C21H21BrN2O5/c1-5-31(41)39-16-23(17-39)12-27(40)18-38-19-29(32-20(2)6-8-25(14-35)22(32)4)28-13-24(10-11-30(28)38)33-21(3)7-9-26(15-36)34(33)37;1-4-27(35)32-14-19(15-32)12-22(34)17-33-18(2)28(24-13-21(30)8-9-25(24)33)29(36)31-11-10-23-20(16-31)6-5-7-26(23)37-3;1-4-26(35)32-14-20(15-32)30-25(34)16-33-17(2)27(22-12-19(29)8-9-23(22)33)28(36)31-11-10-21-18(13-31)6-5-7-24(21)37-3;1-3-19(26)24-9-13(10-24)7-15(25)11-23-12-17(20(27)21(28)29-4-2)16-8-14(22)5-6-18(16)23/h5-11,13-15,19,23,35-36H,1,12,16-18,37H2,2-4H3;4-9,13,19H,1,10-12,14-17H2,2-3H3;4-9,12,20H,1,10-11,13-16H2,2-3H3,(H,30,34);3,5-6,8,12-13H,1,4,7,9-11H2,2H3. The molecule has 0 atom stereocenters. The Kier molecular flexibility index (Phi) is 32.4. The van der Waals surface area contributed by atoms with Gasteiger partial charge >= 0.3 is 5.97 Å². The second kappa shape index (κ2) is 45.0. The summed E-state index contributed by atoms with van der Waals surface area (Å²) in [6, 6.07) is 42.8. The summed E-state index contributed by atoms with van der Waals surface area (Å²) >= 11 is 10.5. The van der Waals surface area contributed by atoms with Crippen LogP contribution in [-0.4, -0.2) is 223 Å². The Morgan fingerprint density at radius 2 is 0.882 bits per heavy atom. The minimum Gasteiger partial charge on any atom is -0.496 e. The smallest absolute Gasteiger partial charge is 0.379 e. The molecule has 144 heavy (non-hydrogen) atoms. The summed E-state index contributed by atoms with van der Waals surface area (Å²) in [6.07, 6.45) is 14.0. The van der Waals surface area contributed by atoms with Crippen molar-refractivity contribution >= 4 is 180 Å². The number of halogens is 3. The molecule has 4 saturated heterocycles. The van der Waals surface area contributed by atoms with Gasteiger partial charge in [-0.2, -0.15) is 0 Å². The van der Waals surface area contributed by atoms with Crippen LogP contribution in [0.2, 0.25) is 0 Å². The van der Waals surface area contributed by atoms with E-state index in [0.717, 1.165) is 149 Å². The van der Waals surface area contributed by atoms with E-state index in [0.29, 0.717) is 131 Å². The number of ketones is 4. The van der Waals surface area contributed by atoms with Crippen LogP contribution in [0.3, 0.4) is 0 Å². The molecule has 5 N–H and O–H groups in total. The minimum absolute atomic E-state index is 0.00402. The number of anilines is 1. The molecule has 0 unspecified atom stereocenters. The van der Waals surface area contributed by atoms with E-state index in [1.54, 1.807) is 57.4 Å². The number of nitrogens with zero attached hydrogens (tertiary/aromatic N) is 10. The van der Waals surface area contributed by atoms with Gasteiger partial charge in [0, 0.05) is 242 Å². The Morgan fingerprint density at radius 3 is 1.34 bits per heavy atom. The molecular weight excluding hydrogens is 2020 g/mol. The molecule has 6 aliphatic rings. The first-order valence-corrected chi connectivity index (χ1v) is 50.1. The fourth-order valence-corrected chi connectivity index (χ4v) is 21.5. The predicted molar refractivity (Wildman–Crippen MR) is 568 cm³/mol. The lowest BCUT2D eigenvalue weighted by atomic mass is 9.90. The number of Topliss-reactive ketones (excluding diaryl/α,β-unsaturated/α-hetero) is 4. The summed E-state index contributed by atoms with van der Waals surface area (Å²) in [4.78, 5) is 161. The monoisotopic (exact) mass is 2130 g/mol. The average molecular weight is 2140 g/mol. The summed E-state index contributed by atoms with van der Waals surface area (Å²) < 4.78 is 25.9. The fraction of sp³-hybridized carbons (Fsp3) is 0.304. The first kappa shape index (κ1) is 104. The highest BCUT2D eigenvalue weighted by Crippen LogP contribution is 2.43. The lowest BCUT2D eigenvalue weighted by Crippen LogP contribution is -2.61. The van der Waals surface area contributed by atoms with Crippen molar-refractivity contribution in [2.24, 2.45) is 17.8 Å². The van der Waals surface area contributed by atoms with Crippen LogP contribution < -0.4 is 20.5 Å². The van der Waals surface area contributed by atoms with Gasteiger partial charge in [-0.25, -0.2) is 4.79 Å². The quantitative estimate of drug-likeness (QED) is 0.00811. The highest BCUT2D eigenvalue weighted by atomic mass is 79.9. The lowest BCUT2D eigenvalue weighted by molar-refractivity contribution is -0.137. The highest BCUT2D eigenvalue weighted by molar-refractivity contribution is 9.11. The third-order valence-electron chi connectivity index (χ3n) is 27.9. The first-order chi connectivity index (χ1) is 69.1. The van der Waals surface area contributed by atoms with E-state index in [1.807, 2.05) is 173 Å². The van der Waals surface area contributed by atoms with E-state index in [4.69, 9.17) is 30.8 Å². The third-order valence-corrected chi connectivity index (χ3v) is 29.4. The average Bonchev–Trinajstić information content (AvgIpc) is 1.59. The number of amides is 7. The second-order valence-corrected chi connectivity index (χ2v) is 40.0. The molecule has 0 bridgehead atoms. The number of aromatic nitrogens is 4. The highest BCUT2D eigenvalue weighted by Gasteiger charge is 2.39. The molecule has 4 aromatic heterocycles. The van der Waals surface area contributed by atoms with Gasteiger partial charge in [0.25, 0.3) is 17.6 Å². The molecule has 18 rings (SSSR count). The Morgan fingerprint density at radius 1 is 0.465 bits per heavy atom. The SMILES string of the molecule is C=CC(=O)N1CC(CC(=O)Cn2c(C)c(C(=O)N3CCc4c(cccc4OC)C3)c3cc(Br)ccc32)C1.C=CC(=O)N1CC(CC(=O)Cn2cc(-c3c(C)ccc(C=N)c3C)c3cc(-c4c(C)ccc(C=N)c4N)ccc32)C1.C=CC(=O)N1CC(CC(=O)Cn2cc(C(=O)C(=O)OCC)c3cc(Br)ccc32)C1.C=CC(=O)N1CC(NC(=O)Cn2c(C)c(C(=O)N3CCc4c(cccc4OC)C3)c3cc(Br)ccc32)C1. The van der Waals surface area contributed by atoms with E-state index in [9.17, 15) is 57.5 Å². The van der Waals surface area contributed by atoms with Gasteiger partial charge in [-0.1, -0.05) is 129 Å². The molecule has 12 aromatic rings. The molecule has 4 fully saturated rings. The number of hydrogen-bond donors (Lipinski definition) is 4. The van der Waals surface area contributed by atoms with Crippen molar-refractivity contribution in [3.63, 3.8) is 0 Å². The molecule has 744 valence electrons. The molecule has 0 radical (unpaired) electrons. The Balaban J connectivity index is 0.000000145. The van der Waals surface area contributed by atoms with Crippen molar-refractivity contribution < 1.29 is 71.7 Å². The van der Waals surface area contributed by atoms with Crippen LogP contribution >= 0.6 is 47.8 Å². The summed E-state index contributed by atoms with van der Waals surface area (Å²) in [5.41, 5.74) is 26.4. The first-order valence-electron chi connectivity index (χ1n) is 47.7. The van der Waals surface area contributed by atoms with E-state index >= 15 is 0 Å². The number of benzene rings is 8. The van der Waals surface area contributed by atoms with Crippen LogP contribution in [0, 0.1) is 63.2 Å². The molecule has 32 heteroatoms. The summed E-state index contributed by atoms with van der Waals surface area (Å²) in [5, 5.41) is 21.9. The zero-order valence-corrected chi connectivity index (χ0v) is 86.6. The van der Waals surface area contributed by atoms with Crippen molar-refractivity contribution in [3.8, 4) is 33.8 Å². The largest absolute Gasteiger partial charge is 0.496 e. The number of aryl methyl sites for hydroxylation is 2. The number of carbonyl (C=O) groups is 12. The van der Waals surface area contributed by atoms with Crippen LogP contribution in [0.1, 0.15) is 119 Å². The van der Waals surface area contributed by atoms with Crippen LogP contribution in [0.4, 0.5) is 5.69 Å². The molecule has 29 nitrogen and oxygen atoms in total. The van der Waals surface area contributed by atoms with Crippen molar-refractivity contribution in [1.29, 1.82) is 10.8 Å². The number of nitrogens with one attached hydrogen (secondary N) is 3. The van der Waals surface area contributed by atoms with E-state index < -0.39 is 11.8 Å². The van der Waals surface area contributed by atoms with E-state index in [2.05, 4.69) is 92.4 Å². The normalized spacial score (nSPS) is 14.4. The molecule has 8 aromatic carbocycles. The topological polar surface area (TPSA) is 357 Å². The number of ether oxygens (including phenoxy) is 3. The van der Waals surface area contributed by atoms with E-state index in [1.165, 1.54) is 42.9 Å². The number of esters is 1. The number of rotatable bonds is 30. The number of methoxy groups -OCH3 is 2. The maximum absolute atomic E-state index is 13.9. The number of nitrogens with two attached hydrogens (primary N) is 1. The van der Waals surface area contributed by atoms with Gasteiger partial charge in [-0.3, -0.25) is 52.7 Å². The maximum atomic E-state index is 13.9. The van der Waals surface area contributed by atoms with Gasteiger partial charge in [-0.15, -0.1) is 0 Å². The summed E-state index contributed by atoms with van der Waals surface area (Å²) in [7, 11) is 3.34. The Bertz CT molecular complexity index is 7060. The third kappa shape index (κ3) is 22.0. The summed E-state index contributed by atoms with van der Waals surface area (Å²) in [6.45, 7) is 32.9. The van der Waals surface area contributed by atoms with Gasteiger partial charge in [0.05, 0.1) is 63.2 Å². The van der Waals surface area contributed by atoms with Crippen LogP contribution in [0.5, 0.6) is 11.5 Å². The van der Waals surface area contributed by atoms with Crippen molar-refractivity contribution in [3.05, 3.63) is 288 Å². The number of likely N-dealkylation sites (tertiary alicyclic amines) is 4. The van der Waals surface area contributed by atoms with Crippen molar-refractivity contribution in [2.45, 2.75) is 119 Å². The number of nitrogen functional groups attached to an aromatic ring is 1. The molecule has 0 aliphatic carbocycles. The molecule has 0 saturated carbocycles. The lowest BCUT2D eigenvalue weighted by Gasteiger charge is -2.38. The van der Waals surface area contributed by atoms with Crippen LogP contribution in [0.25, 0.3) is 65.9 Å². The molecule has 0 spiro atoms. The van der Waals surface area contributed by atoms with Crippen LogP contribution in [-0.2, 0) is 100.0 Å². The second-order valence-electron chi connectivity index (χ2n) is 37.3. The predicted octanol–water partition coefficient (Wildman–Crippen LogP) is 16.8. The Labute approximate surface area is 860 Å². The van der Waals surface area contributed by atoms with E-state index in [-0.39, 0.29) is 121 Å². The van der Waals surface area contributed by atoms with Crippen molar-refractivity contribution in [1.82, 2.24) is 53.0 Å². The Hall–Kier alpha value is -14.5. The van der Waals surface area contributed by atoms with Gasteiger partial charge in [0.1, 0.15) is 18.0 Å². The van der Waals surface area contributed by atoms with Crippen LogP contribution in [0.15, 0.2) is 210 Å². The van der Waals surface area contributed by atoms with Gasteiger partial charge < -0.3 is 83.7 Å². The van der Waals surface area contributed by atoms with Gasteiger partial charge in [0.2, 0.25) is 29.5 Å². The fourth-order valence-electron chi connectivity index (χ4n) is 20.4. The summed E-state index contributed by atoms with van der Waals surface area (Å²) in [5.74, 6) is 0.0533. The number of fused-ring (bicyclic) bond motifs is 6.